The molecular weight excluding hydrogens is 389 g/mol. The van der Waals surface area contributed by atoms with E-state index in [1.54, 1.807) is 12.1 Å². The number of rotatable bonds is 6. The highest BCUT2D eigenvalue weighted by atomic mass is 35.5. The van der Waals surface area contributed by atoms with Gasteiger partial charge in [0.1, 0.15) is 4.84 Å². The lowest BCUT2D eigenvalue weighted by Gasteiger charge is -2.20. The fraction of sp³-hybridized carbons (Fsp3) is 0.235. The molecule has 0 saturated heterocycles. The van der Waals surface area contributed by atoms with Crippen LogP contribution < -0.4 is 10.6 Å². The first-order valence-corrected chi connectivity index (χ1v) is 9.07. The van der Waals surface area contributed by atoms with E-state index >= 15 is 0 Å². The van der Waals surface area contributed by atoms with Gasteiger partial charge in [-0.1, -0.05) is 41.6 Å². The van der Waals surface area contributed by atoms with Gasteiger partial charge in [0, 0.05) is 10.6 Å². The number of carbonyl (C=O) groups is 1. The van der Waals surface area contributed by atoms with E-state index in [0.29, 0.717) is 22.3 Å². The van der Waals surface area contributed by atoms with Gasteiger partial charge in [0.15, 0.2) is 0 Å². The maximum Gasteiger partial charge on any atom is 0.319 e. The van der Waals surface area contributed by atoms with Gasteiger partial charge in [0.05, 0.1) is 6.04 Å². The zero-order valence-electron chi connectivity index (χ0n) is 13.2. The van der Waals surface area contributed by atoms with Crippen molar-refractivity contribution in [2.45, 2.75) is 28.5 Å². The first kappa shape index (κ1) is 19.8. The molecule has 2 aromatic carbocycles. The first-order chi connectivity index (χ1) is 11.8. The summed E-state index contributed by atoms with van der Waals surface area (Å²) in [5.74, 6) is -2.48. The summed E-state index contributed by atoms with van der Waals surface area (Å²) in [6.45, 7) is 1.95. The minimum absolute atomic E-state index is 0.417. The van der Waals surface area contributed by atoms with Gasteiger partial charge in [0.2, 0.25) is 0 Å². The summed E-state index contributed by atoms with van der Waals surface area (Å²) in [6, 6.07) is 12.5. The monoisotopic (exact) mass is 404 g/mol. The van der Waals surface area contributed by atoms with Gasteiger partial charge < -0.3 is 10.6 Å². The second-order valence-corrected chi connectivity index (χ2v) is 7.45. The standard InChI is InChI=1S/C17H16Cl2F2N2OS/c1-10-2-4-11(5-3-10)14(15(18)19)23-17(24)22-12-6-8-13(9-7-12)25-16(20)21/h2-9,14-16H,1H3,(H2,22,23,24)/t14-/m1/s1. The number of halogens is 4. The number of aryl methyl sites for hydroxylation is 1. The number of amides is 2. The van der Waals surface area contributed by atoms with E-state index in [2.05, 4.69) is 10.6 Å². The lowest BCUT2D eigenvalue weighted by Crippen LogP contribution is -2.35. The Hall–Kier alpha value is -1.50. The number of hydrogen-bond acceptors (Lipinski definition) is 2. The Morgan fingerprint density at radius 1 is 1.04 bits per heavy atom. The Balaban J connectivity index is 2.00. The molecule has 2 rings (SSSR count). The summed E-state index contributed by atoms with van der Waals surface area (Å²) >= 11 is 12.4. The minimum Gasteiger partial charge on any atom is -0.328 e. The summed E-state index contributed by atoms with van der Waals surface area (Å²) in [6.07, 6.45) is 0. The Morgan fingerprint density at radius 2 is 1.64 bits per heavy atom. The lowest BCUT2D eigenvalue weighted by molar-refractivity contribution is 0.249. The number of thioether (sulfide) groups is 1. The average molecular weight is 405 g/mol. The van der Waals surface area contributed by atoms with Gasteiger partial charge in [-0.3, -0.25) is 0 Å². The predicted octanol–water partition coefficient (Wildman–Crippen LogP) is 5.98. The number of benzene rings is 2. The van der Waals surface area contributed by atoms with E-state index in [0.717, 1.165) is 11.1 Å². The van der Waals surface area contributed by atoms with Gasteiger partial charge in [-0.05, 0) is 36.8 Å². The summed E-state index contributed by atoms with van der Waals surface area (Å²) in [5, 5.41) is 5.33. The summed E-state index contributed by atoms with van der Waals surface area (Å²) in [7, 11) is 0. The molecule has 0 radical (unpaired) electrons. The summed E-state index contributed by atoms with van der Waals surface area (Å²) in [4.78, 5) is 11.7. The highest BCUT2D eigenvalue weighted by Gasteiger charge is 2.21. The van der Waals surface area contributed by atoms with Crippen LogP contribution in [0.4, 0.5) is 19.3 Å². The van der Waals surface area contributed by atoms with Crippen molar-refractivity contribution in [3.8, 4) is 0 Å². The normalized spacial score (nSPS) is 12.3. The number of anilines is 1. The number of urea groups is 1. The van der Waals surface area contributed by atoms with Crippen LogP contribution in [0.2, 0.25) is 0 Å². The maximum atomic E-state index is 12.3. The molecule has 0 fully saturated rings. The molecule has 0 saturated carbocycles. The molecule has 3 nitrogen and oxygen atoms in total. The van der Waals surface area contributed by atoms with Gasteiger partial charge in [0.25, 0.3) is 5.76 Å². The van der Waals surface area contributed by atoms with Crippen LogP contribution in [0.1, 0.15) is 17.2 Å². The molecule has 0 aliphatic carbocycles. The van der Waals surface area contributed by atoms with Crippen LogP contribution in [-0.2, 0) is 0 Å². The molecule has 8 heteroatoms. The van der Waals surface area contributed by atoms with Crippen LogP contribution in [0, 0.1) is 6.92 Å². The molecule has 0 spiro atoms. The van der Waals surface area contributed by atoms with E-state index in [4.69, 9.17) is 23.2 Å². The predicted molar refractivity (Wildman–Crippen MR) is 99.9 cm³/mol. The van der Waals surface area contributed by atoms with Crippen molar-refractivity contribution >= 4 is 46.7 Å². The smallest absolute Gasteiger partial charge is 0.319 e. The molecule has 0 unspecified atom stereocenters. The molecule has 2 aromatic rings. The third-order valence-corrected chi connectivity index (χ3v) is 4.54. The fourth-order valence-corrected chi connectivity index (χ4v) is 3.01. The van der Waals surface area contributed by atoms with E-state index in [9.17, 15) is 13.6 Å². The first-order valence-electron chi connectivity index (χ1n) is 7.32. The molecule has 0 aliphatic rings. The largest absolute Gasteiger partial charge is 0.328 e. The number of nitrogens with one attached hydrogen (secondary N) is 2. The summed E-state index contributed by atoms with van der Waals surface area (Å²) in [5.41, 5.74) is 2.33. The molecule has 2 N–H and O–H groups in total. The molecule has 1 atom stereocenters. The fourth-order valence-electron chi connectivity index (χ4n) is 2.09. The zero-order chi connectivity index (χ0) is 18.4. The Labute approximate surface area is 159 Å². The van der Waals surface area contributed by atoms with Gasteiger partial charge in [-0.15, -0.1) is 23.2 Å². The zero-order valence-corrected chi connectivity index (χ0v) is 15.5. The van der Waals surface area contributed by atoms with Crippen LogP contribution >= 0.6 is 35.0 Å². The number of alkyl halides is 4. The van der Waals surface area contributed by atoms with E-state index < -0.39 is 22.7 Å². The lowest BCUT2D eigenvalue weighted by atomic mass is 10.1. The third-order valence-electron chi connectivity index (χ3n) is 3.31. The van der Waals surface area contributed by atoms with Crippen molar-refractivity contribution in [2.24, 2.45) is 0 Å². The SMILES string of the molecule is Cc1ccc([C@@H](NC(=O)Nc2ccc(SC(F)F)cc2)C(Cl)Cl)cc1. The highest BCUT2D eigenvalue weighted by Crippen LogP contribution is 2.27. The third kappa shape index (κ3) is 6.38. The molecule has 0 bridgehead atoms. The second kappa shape index (κ2) is 9.27. The molecule has 0 aromatic heterocycles. The molecular formula is C17H16Cl2F2N2OS. The van der Waals surface area contributed by atoms with E-state index in [-0.39, 0.29) is 0 Å². The van der Waals surface area contributed by atoms with Gasteiger partial charge >= 0.3 is 6.03 Å². The topological polar surface area (TPSA) is 41.1 Å². The maximum absolute atomic E-state index is 12.3. The molecule has 0 aliphatic heterocycles. The quantitative estimate of drug-likeness (QED) is 0.459. The number of carbonyl (C=O) groups excluding carboxylic acids is 1. The van der Waals surface area contributed by atoms with Crippen LogP contribution in [0.25, 0.3) is 0 Å². The van der Waals surface area contributed by atoms with Crippen LogP contribution in [0.15, 0.2) is 53.4 Å². The van der Waals surface area contributed by atoms with Crippen molar-refractivity contribution in [2.75, 3.05) is 5.32 Å². The molecule has 0 heterocycles. The Kier molecular flexibility index (Phi) is 7.35. The number of hydrogen-bond donors (Lipinski definition) is 2. The minimum atomic E-state index is -2.48. The Bertz CT molecular complexity index is 697. The molecule has 2 amide bonds. The summed E-state index contributed by atoms with van der Waals surface area (Å²) < 4.78 is 24.6. The van der Waals surface area contributed by atoms with Crippen molar-refractivity contribution in [3.05, 3.63) is 59.7 Å². The Morgan fingerprint density at radius 3 is 2.16 bits per heavy atom. The second-order valence-electron chi connectivity index (χ2n) is 5.22. The van der Waals surface area contributed by atoms with Gasteiger partial charge in [-0.2, -0.15) is 8.78 Å². The molecule has 25 heavy (non-hydrogen) atoms. The van der Waals surface area contributed by atoms with Crippen molar-refractivity contribution < 1.29 is 13.6 Å². The van der Waals surface area contributed by atoms with Crippen molar-refractivity contribution in [1.82, 2.24) is 5.32 Å². The van der Waals surface area contributed by atoms with E-state index in [1.165, 1.54) is 12.1 Å². The van der Waals surface area contributed by atoms with Crippen LogP contribution in [0.5, 0.6) is 0 Å². The van der Waals surface area contributed by atoms with Crippen LogP contribution in [-0.4, -0.2) is 16.6 Å². The van der Waals surface area contributed by atoms with Gasteiger partial charge in [-0.25, -0.2) is 4.79 Å². The van der Waals surface area contributed by atoms with Crippen LogP contribution in [0.3, 0.4) is 0 Å². The van der Waals surface area contributed by atoms with Crippen molar-refractivity contribution in [1.29, 1.82) is 0 Å². The van der Waals surface area contributed by atoms with E-state index in [1.807, 2.05) is 31.2 Å². The molecule has 134 valence electrons. The average Bonchev–Trinajstić information content (AvgIpc) is 2.55. The van der Waals surface area contributed by atoms with Crippen molar-refractivity contribution in [3.63, 3.8) is 0 Å². The highest BCUT2D eigenvalue weighted by molar-refractivity contribution is 7.99.